The van der Waals surface area contributed by atoms with Gasteiger partial charge in [0.05, 0.1) is 5.92 Å². The molecule has 22 heavy (non-hydrogen) atoms. The smallest absolute Gasteiger partial charge is 0.417 e. The minimum Gasteiger partial charge on any atom is -0.443 e. The van der Waals surface area contributed by atoms with E-state index in [1.54, 1.807) is 39.1 Å². The van der Waals surface area contributed by atoms with Gasteiger partial charge in [0, 0.05) is 12.7 Å². The third-order valence-corrected chi connectivity index (χ3v) is 3.03. The molecule has 2 heterocycles. The maximum Gasteiger partial charge on any atom is 0.417 e. The summed E-state index contributed by atoms with van der Waals surface area (Å²) in [5, 5.41) is 0. The Balaban J connectivity index is 0.00000116. The van der Waals surface area contributed by atoms with Crippen molar-refractivity contribution in [1.82, 2.24) is 9.88 Å². The summed E-state index contributed by atoms with van der Waals surface area (Å²) in [4.78, 5) is 29.4. The normalized spacial score (nSPS) is 17.8. The second-order valence-electron chi connectivity index (χ2n) is 5.83. The molecular weight excluding hydrogens is 282 g/mol. The molecule has 6 nitrogen and oxygen atoms in total. The van der Waals surface area contributed by atoms with Gasteiger partial charge in [-0.3, -0.25) is 4.79 Å². The van der Waals surface area contributed by atoms with Crippen LogP contribution in [0.5, 0.6) is 0 Å². The van der Waals surface area contributed by atoms with E-state index in [1.807, 2.05) is 13.8 Å². The number of likely N-dealkylation sites (tertiary alicyclic amines) is 1. The number of rotatable bonds is 1. The first-order valence-electron chi connectivity index (χ1n) is 7.54. The first-order chi connectivity index (χ1) is 10.3. The van der Waals surface area contributed by atoms with E-state index in [-0.39, 0.29) is 11.8 Å². The minimum absolute atomic E-state index is 0.245. The highest BCUT2D eigenvalue weighted by Crippen LogP contribution is 2.29. The van der Waals surface area contributed by atoms with Crippen molar-refractivity contribution in [1.29, 1.82) is 0 Å². The molecule has 1 aliphatic heterocycles. The van der Waals surface area contributed by atoms with Gasteiger partial charge >= 0.3 is 6.09 Å². The van der Waals surface area contributed by atoms with E-state index in [1.165, 1.54) is 0 Å². The monoisotopic (exact) mass is 307 g/mol. The van der Waals surface area contributed by atoms with Crippen LogP contribution < -0.4 is 5.73 Å². The van der Waals surface area contributed by atoms with Crippen LogP contribution in [0.2, 0.25) is 0 Å². The minimum atomic E-state index is -0.613. The fourth-order valence-electron chi connectivity index (χ4n) is 2.11. The molecule has 0 radical (unpaired) electrons. The summed E-state index contributed by atoms with van der Waals surface area (Å²) in [6.45, 7) is 9.68. The third kappa shape index (κ3) is 4.44. The summed E-state index contributed by atoms with van der Waals surface area (Å²) >= 11 is 0. The average Bonchev–Trinajstić information content (AvgIpc) is 2.82. The lowest BCUT2D eigenvalue weighted by atomic mass is 10.00. The molecule has 1 aliphatic rings. The van der Waals surface area contributed by atoms with E-state index in [9.17, 15) is 9.59 Å². The van der Waals surface area contributed by atoms with Crippen molar-refractivity contribution in [3.8, 4) is 0 Å². The van der Waals surface area contributed by atoms with Crippen LogP contribution in [0.1, 0.15) is 52.5 Å². The first-order valence-corrected chi connectivity index (χ1v) is 7.54. The summed E-state index contributed by atoms with van der Waals surface area (Å²) in [6.07, 6.45) is 1.56. The Labute approximate surface area is 131 Å². The summed E-state index contributed by atoms with van der Waals surface area (Å²) in [5.74, 6) is -0.190. The fourth-order valence-corrected chi connectivity index (χ4v) is 2.11. The number of hydrogen-bond acceptors (Lipinski definition) is 5. The highest BCUT2D eigenvalue weighted by Gasteiger charge is 2.38. The Morgan fingerprint density at radius 1 is 1.36 bits per heavy atom. The Hall–Kier alpha value is -2.11. The number of imide groups is 1. The van der Waals surface area contributed by atoms with Gasteiger partial charge in [-0.05, 0) is 38.8 Å². The molecule has 0 saturated carbocycles. The summed E-state index contributed by atoms with van der Waals surface area (Å²) in [7, 11) is 0. The van der Waals surface area contributed by atoms with Crippen LogP contribution >= 0.6 is 0 Å². The van der Waals surface area contributed by atoms with Crippen molar-refractivity contribution in [2.75, 3.05) is 12.3 Å². The predicted molar refractivity (Wildman–Crippen MR) is 85.3 cm³/mol. The number of ether oxygens (including phenoxy) is 1. The van der Waals surface area contributed by atoms with Crippen molar-refractivity contribution in [3.63, 3.8) is 0 Å². The van der Waals surface area contributed by atoms with Crippen LogP contribution in [-0.4, -0.2) is 34.0 Å². The highest BCUT2D eigenvalue weighted by atomic mass is 16.6. The van der Waals surface area contributed by atoms with Crippen LogP contribution in [0.25, 0.3) is 0 Å². The van der Waals surface area contributed by atoms with Crippen molar-refractivity contribution in [2.24, 2.45) is 0 Å². The molecule has 6 heteroatoms. The topological polar surface area (TPSA) is 85.5 Å². The first kappa shape index (κ1) is 17.9. The van der Waals surface area contributed by atoms with Gasteiger partial charge < -0.3 is 10.5 Å². The van der Waals surface area contributed by atoms with Crippen molar-refractivity contribution in [3.05, 3.63) is 23.9 Å². The Morgan fingerprint density at radius 3 is 2.50 bits per heavy atom. The number of aromatic nitrogens is 1. The number of carbonyl (C=O) groups is 2. The van der Waals surface area contributed by atoms with Gasteiger partial charge in [-0.1, -0.05) is 19.9 Å². The molecule has 1 aromatic rings. The number of amides is 2. The van der Waals surface area contributed by atoms with Crippen LogP contribution in [0, 0.1) is 0 Å². The van der Waals surface area contributed by atoms with Gasteiger partial charge in [0.1, 0.15) is 11.4 Å². The second-order valence-corrected chi connectivity index (χ2v) is 5.83. The molecule has 1 atom stereocenters. The van der Waals surface area contributed by atoms with Crippen LogP contribution in [0.3, 0.4) is 0 Å². The van der Waals surface area contributed by atoms with Gasteiger partial charge in [-0.25, -0.2) is 14.7 Å². The molecule has 0 aromatic carbocycles. The number of nitrogens with two attached hydrogens (primary N) is 1. The van der Waals surface area contributed by atoms with Crippen LogP contribution in [0.15, 0.2) is 18.3 Å². The van der Waals surface area contributed by atoms with E-state index >= 15 is 0 Å². The SMILES string of the molecule is CC.CC(C)(C)OC(=O)N1CCC(c2ccc(N)nc2)C1=O. The van der Waals surface area contributed by atoms with Crippen molar-refractivity contribution >= 4 is 17.8 Å². The molecule has 2 amide bonds. The quantitative estimate of drug-likeness (QED) is 0.862. The van der Waals surface area contributed by atoms with Crippen LogP contribution in [-0.2, 0) is 9.53 Å². The van der Waals surface area contributed by atoms with Crippen molar-refractivity contribution in [2.45, 2.75) is 52.6 Å². The summed E-state index contributed by atoms with van der Waals surface area (Å²) in [6, 6.07) is 3.42. The molecule has 2 rings (SSSR count). The lowest BCUT2D eigenvalue weighted by Crippen LogP contribution is -2.38. The highest BCUT2D eigenvalue weighted by molar-refractivity contribution is 5.97. The maximum absolute atomic E-state index is 12.3. The zero-order valence-corrected chi connectivity index (χ0v) is 13.9. The Morgan fingerprint density at radius 2 is 2.00 bits per heavy atom. The zero-order chi connectivity index (χ0) is 16.9. The Kier molecular flexibility index (Phi) is 5.91. The van der Waals surface area contributed by atoms with Crippen molar-refractivity contribution < 1.29 is 14.3 Å². The maximum atomic E-state index is 12.3. The molecule has 1 aromatic heterocycles. The van der Waals surface area contributed by atoms with Gasteiger partial charge in [0.25, 0.3) is 0 Å². The number of pyridine rings is 1. The van der Waals surface area contributed by atoms with Gasteiger partial charge in [-0.2, -0.15) is 0 Å². The van der Waals surface area contributed by atoms with E-state index < -0.39 is 11.7 Å². The summed E-state index contributed by atoms with van der Waals surface area (Å²) < 4.78 is 5.23. The standard InChI is InChI=1S/C14H19N3O3.C2H6/c1-14(2,3)20-13(19)17-7-6-10(12(17)18)9-4-5-11(15)16-8-9;1-2/h4-5,8,10H,6-7H2,1-3H3,(H2,15,16);1-2H3. The molecule has 122 valence electrons. The third-order valence-electron chi connectivity index (χ3n) is 3.03. The van der Waals surface area contributed by atoms with E-state index in [4.69, 9.17) is 10.5 Å². The molecule has 2 N–H and O–H groups in total. The number of nitrogens with zero attached hydrogens (tertiary/aromatic N) is 2. The van der Waals surface area contributed by atoms with E-state index in [0.717, 1.165) is 10.5 Å². The molecule has 0 bridgehead atoms. The number of nitrogen functional groups attached to an aromatic ring is 1. The fraction of sp³-hybridized carbons (Fsp3) is 0.562. The molecule has 0 aliphatic carbocycles. The lowest BCUT2D eigenvalue weighted by molar-refractivity contribution is -0.128. The number of carbonyl (C=O) groups excluding carboxylic acids is 2. The zero-order valence-electron chi connectivity index (χ0n) is 13.9. The molecular formula is C16H25N3O3. The Bertz CT molecular complexity index is 520. The molecule has 1 unspecified atom stereocenters. The van der Waals surface area contributed by atoms with E-state index in [0.29, 0.717) is 18.8 Å². The lowest BCUT2D eigenvalue weighted by Gasteiger charge is -2.23. The largest absolute Gasteiger partial charge is 0.443 e. The predicted octanol–water partition coefficient (Wildman–Crippen LogP) is 2.94. The number of anilines is 1. The molecule has 1 fully saturated rings. The number of hydrogen-bond donors (Lipinski definition) is 1. The summed E-state index contributed by atoms with van der Waals surface area (Å²) in [5.41, 5.74) is 5.68. The molecule has 1 saturated heterocycles. The van der Waals surface area contributed by atoms with E-state index in [2.05, 4.69) is 4.98 Å². The second kappa shape index (κ2) is 7.24. The molecule has 0 spiro atoms. The average molecular weight is 307 g/mol. The van der Waals surface area contributed by atoms with Gasteiger partial charge in [0.15, 0.2) is 0 Å². The van der Waals surface area contributed by atoms with Crippen LogP contribution in [0.4, 0.5) is 10.6 Å². The van der Waals surface area contributed by atoms with Gasteiger partial charge in [0.2, 0.25) is 5.91 Å². The van der Waals surface area contributed by atoms with Gasteiger partial charge in [-0.15, -0.1) is 0 Å².